The largest absolute Gasteiger partial charge is 0.497 e. The van der Waals surface area contributed by atoms with Crippen molar-refractivity contribution in [3.8, 4) is 11.6 Å². The summed E-state index contributed by atoms with van der Waals surface area (Å²) in [7, 11) is 2.75. The van der Waals surface area contributed by atoms with Gasteiger partial charge in [-0.1, -0.05) is 12.1 Å². The molecule has 0 saturated heterocycles. The molecule has 0 unspecified atom stereocenters. The lowest BCUT2D eigenvalue weighted by Gasteiger charge is -2.11. The highest BCUT2D eigenvalue weighted by atomic mass is 19.1. The van der Waals surface area contributed by atoms with Gasteiger partial charge in [-0.2, -0.15) is 4.98 Å². The number of carbonyl (C=O) groups excluding carboxylic acids is 1. The van der Waals surface area contributed by atoms with Gasteiger partial charge < -0.3 is 19.9 Å². The summed E-state index contributed by atoms with van der Waals surface area (Å²) in [4.78, 5) is 15.3. The number of esters is 1. The molecule has 2 rings (SSSR count). The zero-order valence-corrected chi connectivity index (χ0v) is 12.1. The van der Waals surface area contributed by atoms with Gasteiger partial charge in [0.15, 0.2) is 5.82 Å². The third kappa shape index (κ3) is 3.43. The lowest BCUT2D eigenvalue weighted by molar-refractivity contribution is 0.0600. The maximum atomic E-state index is 13.3. The average molecular weight is 306 g/mol. The van der Waals surface area contributed by atoms with E-state index in [9.17, 15) is 14.3 Å². The molecule has 0 amide bonds. The number of pyridine rings is 1. The van der Waals surface area contributed by atoms with E-state index in [1.165, 1.54) is 7.11 Å². The highest BCUT2D eigenvalue weighted by Gasteiger charge is 2.17. The molecule has 2 aromatic rings. The minimum absolute atomic E-state index is 0.0431. The first-order chi connectivity index (χ1) is 10.5. The molecule has 0 atom stereocenters. The monoisotopic (exact) mass is 306 g/mol. The number of hydrogen-bond donors (Lipinski definition) is 2. The van der Waals surface area contributed by atoms with Crippen LogP contribution in [0.2, 0.25) is 0 Å². The van der Waals surface area contributed by atoms with E-state index < -0.39 is 17.7 Å². The van der Waals surface area contributed by atoms with Crippen LogP contribution in [0.15, 0.2) is 30.3 Å². The molecule has 0 fully saturated rings. The molecule has 7 heteroatoms. The van der Waals surface area contributed by atoms with Crippen molar-refractivity contribution < 1.29 is 23.8 Å². The Balaban J connectivity index is 2.20. The molecule has 1 aromatic carbocycles. The fourth-order valence-electron chi connectivity index (χ4n) is 1.81. The number of nitrogens with one attached hydrogen (secondary N) is 1. The van der Waals surface area contributed by atoms with Gasteiger partial charge in [-0.15, -0.1) is 0 Å². The van der Waals surface area contributed by atoms with Gasteiger partial charge in [-0.3, -0.25) is 0 Å². The molecular formula is C15H15FN2O4. The van der Waals surface area contributed by atoms with Crippen LogP contribution in [0, 0.1) is 5.82 Å². The highest BCUT2D eigenvalue weighted by molar-refractivity contribution is 5.94. The lowest BCUT2D eigenvalue weighted by atomic mass is 10.2. The lowest BCUT2D eigenvalue weighted by Crippen LogP contribution is -2.11. The number of aromatic hydroxyl groups is 1. The Bertz CT molecular complexity index is 674. The number of ether oxygens (including phenoxy) is 2. The van der Waals surface area contributed by atoms with Gasteiger partial charge >= 0.3 is 5.97 Å². The Hall–Kier alpha value is -2.83. The Kier molecular flexibility index (Phi) is 4.77. The van der Waals surface area contributed by atoms with Gasteiger partial charge in [0.2, 0.25) is 5.88 Å². The van der Waals surface area contributed by atoms with Crippen LogP contribution in [0.1, 0.15) is 15.9 Å². The molecule has 116 valence electrons. The van der Waals surface area contributed by atoms with Crippen molar-refractivity contribution >= 4 is 11.8 Å². The molecule has 0 aliphatic heterocycles. The van der Waals surface area contributed by atoms with Crippen molar-refractivity contribution in [1.29, 1.82) is 0 Å². The number of carbonyl (C=O) groups is 1. The first-order valence-corrected chi connectivity index (χ1v) is 6.39. The summed E-state index contributed by atoms with van der Waals surface area (Å²) in [5, 5.41) is 12.2. The maximum absolute atomic E-state index is 13.3. The number of nitrogens with zero attached hydrogens (tertiary/aromatic N) is 1. The van der Waals surface area contributed by atoms with E-state index >= 15 is 0 Å². The van der Waals surface area contributed by atoms with E-state index in [4.69, 9.17) is 4.74 Å². The minimum Gasteiger partial charge on any atom is -0.497 e. The Morgan fingerprint density at radius 1 is 1.32 bits per heavy atom. The fraction of sp³-hybridized carbons (Fsp3) is 0.200. The van der Waals surface area contributed by atoms with Crippen molar-refractivity contribution in [2.45, 2.75) is 6.54 Å². The van der Waals surface area contributed by atoms with Crippen LogP contribution in [0.4, 0.5) is 10.2 Å². The van der Waals surface area contributed by atoms with Gasteiger partial charge in [0.25, 0.3) is 0 Å². The van der Waals surface area contributed by atoms with E-state index in [1.54, 1.807) is 19.2 Å². The molecule has 2 N–H and O–H groups in total. The number of methoxy groups -OCH3 is 2. The fourth-order valence-corrected chi connectivity index (χ4v) is 1.81. The molecule has 22 heavy (non-hydrogen) atoms. The third-order valence-corrected chi connectivity index (χ3v) is 2.98. The Morgan fingerprint density at radius 2 is 2.00 bits per heavy atom. The van der Waals surface area contributed by atoms with E-state index in [0.717, 1.165) is 17.4 Å². The summed E-state index contributed by atoms with van der Waals surface area (Å²) in [6.07, 6.45) is 0. The molecule has 1 heterocycles. The van der Waals surface area contributed by atoms with Crippen molar-refractivity contribution in [3.63, 3.8) is 0 Å². The quantitative estimate of drug-likeness (QED) is 0.825. The van der Waals surface area contributed by atoms with Crippen LogP contribution >= 0.6 is 0 Å². The number of anilines is 1. The summed E-state index contributed by atoms with van der Waals surface area (Å²) in [5.74, 6) is -1.76. The second-order valence-corrected chi connectivity index (χ2v) is 4.38. The van der Waals surface area contributed by atoms with Crippen LogP contribution in [0.3, 0.4) is 0 Å². The highest BCUT2D eigenvalue weighted by Crippen LogP contribution is 2.22. The first kappa shape index (κ1) is 15.6. The number of rotatable bonds is 5. The Morgan fingerprint density at radius 3 is 2.59 bits per heavy atom. The zero-order valence-electron chi connectivity index (χ0n) is 12.1. The van der Waals surface area contributed by atoms with Gasteiger partial charge in [0.05, 0.1) is 14.2 Å². The summed E-state index contributed by atoms with van der Waals surface area (Å²) < 4.78 is 23.0. The summed E-state index contributed by atoms with van der Waals surface area (Å²) in [6, 6.07) is 8.10. The average Bonchev–Trinajstić information content (AvgIpc) is 2.55. The number of halogens is 1. The normalized spacial score (nSPS) is 10.1. The van der Waals surface area contributed by atoms with Crippen molar-refractivity contribution in [1.82, 2.24) is 4.98 Å². The predicted octanol–water partition coefficient (Wildman–Crippen LogP) is 2.33. The van der Waals surface area contributed by atoms with Crippen molar-refractivity contribution in [2.24, 2.45) is 0 Å². The molecule has 0 aliphatic rings. The van der Waals surface area contributed by atoms with Gasteiger partial charge in [-0.05, 0) is 23.8 Å². The zero-order chi connectivity index (χ0) is 16.1. The third-order valence-electron chi connectivity index (χ3n) is 2.98. The van der Waals surface area contributed by atoms with Crippen molar-refractivity contribution in [3.05, 3.63) is 47.3 Å². The van der Waals surface area contributed by atoms with Gasteiger partial charge in [0, 0.05) is 6.54 Å². The Labute approximate surface area is 126 Å². The molecule has 6 nitrogen and oxygen atoms in total. The predicted molar refractivity (Wildman–Crippen MR) is 77.5 cm³/mol. The molecule has 0 aliphatic carbocycles. The SMILES string of the molecule is COC(=O)c1cc(F)c(O)nc1NCc1ccc(OC)cc1. The summed E-state index contributed by atoms with van der Waals surface area (Å²) in [5.41, 5.74) is 0.800. The maximum Gasteiger partial charge on any atom is 0.341 e. The number of aromatic nitrogens is 1. The first-order valence-electron chi connectivity index (χ1n) is 6.39. The second kappa shape index (κ2) is 6.75. The van der Waals surface area contributed by atoms with E-state index in [2.05, 4.69) is 15.0 Å². The topological polar surface area (TPSA) is 80.7 Å². The van der Waals surface area contributed by atoms with E-state index in [1.807, 2.05) is 12.1 Å². The minimum atomic E-state index is -0.990. The van der Waals surface area contributed by atoms with Gasteiger partial charge in [-0.25, -0.2) is 9.18 Å². The molecule has 0 saturated carbocycles. The molecular weight excluding hydrogens is 291 g/mol. The van der Waals surface area contributed by atoms with Crippen LogP contribution in [0.5, 0.6) is 11.6 Å². The van der Waals surface area contributed by atoms with Crippen LogP contribution < -0.4 is 10.1 Å². The van der Waals surface area contributed by atoms with Crippen molar-refractivity contribution in [2.75, 3.05) is 19.5 Å². The summed E-state index contributed by atoms with van der Waals surface area (Å²) >= 11 is 0. The second-order valence-electron chi connectivity index (χ2n) is 4.38. The van der Waals surface area contributed by atoms with E-state index in [-0.39, 0.29) is 11.4 Å². The molecule has 0 spiro atoms. The standard InChI is InChI=1S/C15H15FN2O4/c1-21-10-5-3-9(4-6-10)8-17-13-11(15(20)22-2)7-12(16)14(19)18-13/h3-7H,8H2,1-2H3,(H2,17,18,19). The smallest absolute Gasteiger partial charge is 0.341 e. The molecule has 0 bridgehead atoms. The van der Waals surface area contributed by atoms with E-state index in [0.29, 0.717) is 6.54 Å². The van der Waals surface area contributed by atoms with Crippen LogP contribution in [0.25, 0.3) is 0 Å². The molecule has 0 radical (unpaired) electrons. The number of benzene rings is 1. The summed E-state index contributed by atoms with van der Waals surface area (Å²) in [6.45, 7) is 0.325. The number of hydrogen-bond acceptors (Lipinski definition) is 6. The molecule has 1 aromatic heterocycles. The van der Waals surface area contributed by atoms with Gasteiger partial charge in [0.1, 0.15) is 17.1 Å². The van der Waals surface area contributed by atoms with Crippen LogP contribution in [-0.4, -0.2) is 30.3 Å². The van der Waals surface area contributed by atoms with Crippen LogP contribution in [-0.2, 0) is 11.3 Å².